The van der Waals surface area contributed by atoms with Gasteiger partial charge < -0.3 is 14.5 Å². The van der Waals surface area contributed by atoms with Crippen LogP contribution < -0.4 is 10.1 Å². The van der Waals surface area contributed by atoms with Crippen LogP contribution in [0.3, 0.4) is 0 Å². The van der Waals surface area contributed by atoms with E-state index in [-0.39, 0.29) is 12.3 Å². The maximum Gasteiger partial charge on any atom is 0.229 e. The zero-order valence-corrected chi connectivity index (χ0v) is 14.3. The van der Waals surface area contributed by atoms with Crippen molar-refractivity contribution in [3.8, 4) is 5.75 Å². The van der Waals surface area contributed by atoms with E-state index in [1.54, 1.807) is 6.26 Å². The Bertz CT molecular complexity index is 926. The molecule has 4 nitrogen and oxygen atoms in total. The van der Waals surface area contributed by atoms with Gasteiger partial charge in [0.2, 0.25) is 5.91 Å². The van der Waals surface area contributed by atoms with Gasteiger partial charge in [-0.1, -0.05) is 12.1 Å². The number of benzene rings is 2. The molecular formula is C21H21NO3. The zero-order chi connectivity index (χ0) is 17.2. The number of para-hydroxylation sites is 2. The van der Waals surface area contributed by atoms with Gasteiger partial charge >= 0.3 is 0 Å². The molecule has 1 N–H and O–H groups in total. The van der Waals surface area contributed by atoms with E-state index < -0.39 is 0 Å². The molecule has 1 aromatic heterocycles. The van der Waals surface area contributed by atoms with Crippen molar-refractivity contribution in [3.05, 3.63) is 59.4 Å². The van der Waals surface area contributed by atoms with Crippen LogP contribution in [0, 0.1) is 0 Å². The summed E-state index contributed by atoms with van der Waals surface area (Å²) in [7, 11) is 0. The smallest absolute Gasteiger partial charge is 0.229 e. The predicted molar refractivity (Wildman–Crippen MR) is 98.2 cm³/mol. The minimum Gasteiger partial charge on any atom is -0.492 e. The summed E-state index contributed by atoms with van der Waals surface area (Å²) >= 11 is 0. The number of hydrogen-bond donors (Lipinski definition) is 1. The van der Waals surface area contributed by atoms with Crippen LogP contribution in [0.1, 0.15) is 30.0 Å². The predicted octanol–water partition coefficient (Wildman–Crippen LogP) is 4.50. The second kappa shape index (κ2) is 6.63. The van der Waals surface area contributed by atoms with E-state index in [1.165, 1.54) is 17.5 Å². The molecule has 0 atom stereocenters. The standard InChI is InChI=1S/C21H21NO3/c1-2-24-19-9-4-3-8-18(19)22-21(23)12-16-13-25-20-11-15-7-5-6-14(15)10-17(16)20/h3-4,8-11,13H,2,5-7,12H2,1H3,(H,22,23). The lowest BCUT2D eigenvalue weighted by Crippen LogP contribution is -2.15. The highest BCUT2D eigenvalue weighted by Gasteiger charge is 2.17. The van der Waals surface area contributed by atoms with Crippen LogP contribution >= 0.6 is 0 Å². The summed E-state index contributed by atoms with van der Waals surface area (Å²) in [4.78, 5) is 12.5. The van der Waals surface area contributed by atoms with Gasteiger partial charge in [0.05, 0.1) is 25.0 Å². The summed E-state index contributed by atoms with van der Waals surface area (Å²) in [6.07, 6.45) is 5.42. The van der Waals surface area contributed by atoms with Crippen LogP contribution in [-0.2, 0) is 24.1 Å². The Morgan fingerprint density at radius 2 is 2.00 bits per heavy atom. The number of amides is 1. The number of anilines is 1. The van der Waals surface area contributed by atoms with Crippen molar-refractivity contribution >= 4 is 22.6 Å². The van der Waals surface area contributed by atoms with Crippen LogP contribution in [0.2, 0.25) is 0 Å². The number of furan rings is 1. The second-order valence-electron chi connectivity index (χ2n) is 6.39. The van der Waals surface area contributed by atoms with E-state index in [0.29, 0.717) is 18.0 Å². The summed E-state index contributed by atoms with van der Waals surface area (Å²) in [5, 5.41) is 3.99. The van der Waals surface area contributed by atoms with Crippen LogP contribution in [0.25, 0.3) is 11.0 Å². The molecule has 1 heterocycles. The van der Waals surface area contributed by atoms with Crippen LogP contribution in [0.4, 0.5) is 5.69 Å². The van der Waals surface area contributed by atoms with Gasteiger partial charge in [-0.15, -0.1) is 0 Å². The summed E-state index contributed by atoms with van der Waals surface area (Å²) in [6, 6.07) is 11.8. The molecule has 25 heavy (non-hydrogen) atoms. The summed E-state index contributed by atoms with van der Waals surface area (Å²) in [6.45, 7) is 2.49. The molecule has 0 spiro atoms. The Hall–Kier alpha value is -2.75. The van der Waals surface area contributed by atoms with E-state index in [4.69, 9.17) is 9.15 Å². The van der Waals surface area contributed by atoms with Gasteiger partial charge in [0, 0.05) is 10.9 Å². The molecule has 0 bridgehead atoms. The van der Waals surface area contributed by atoms with Crippen molar-refractivity contribution in [2.24, 2.45) is 0 Å². The average Bonchev–Trinajstić information content (AvgIpc) is 3.21. The van der Waals surface area contributed by atoms with Crippen LogP contribution in [-0.4, -0.2) is 12.5 Å². The SMILES string of the molecule is CCOc1ccccc1NC(=O)Cc1coc2cc3c(cc12)CCC3. The quantitative estimate of drug-likeness (QED) is 0.747. The Labute approximate surface area is 146 Å². The Morgan fingerprint density at radius 3 is 2.84 bits per heavy atom. The van der Waals surface area contributed by atoms with Gasteiger partial charge in [0.15, 0.2) is 0 Å². The molecule has 0 unspecified atom stereocenters. The average molecular weight is 335 g/mol. The van der Waals surface area contributed by atoms with E-state index in [2.05, 4.69) is 17.4 Å². The molecule has 1 amide bonds. The molecule has 4 rings (SSSR count). The first kappa shape index (κ1) is 15.8. The molecule has 1 aliphatic carbocycles. The largest absolute Gasteiger partial charge is 0.492 e. The minimum absolute atomic E-state index is 0.0737. The van der Waals surface area contributed by atoms with Crippen molar-refractivity contribution < 1.29 is 13.9 Å². The van der Waals surface area contributed by atoms with Crippen molar-refractivity contribution in [3.63, 3.8) is 0 Å². The second-order valence-corrected chi connectivity index (χ2v) is 6.39. The first-order valence-corrected chi connectivity index (χ1v) is 8.78. The summed E-state index contributed by atoms with van der Waals surface area (Å²) in [5.41, 5.74) is 5.26. The third kappa shape index (κ3) is 3.12. The number of aryl methyl sites for hydroxylation is 2. The lowest BCUT2D eigenvalue weighted by molar-refractivity contribution is -0.115. The van der Waals surface area contributed by atoms with E-state index in [9.17, 15) is 4.79 Å². The van der Waals surface area contributed by atoms with Crippen molar-refractivity contribution in [2.75, 3.05) is 11.9 Å². The Morgan fingerprint density at radius 1 is 1.20 bits per heavy atom. The number of nitrogens with one attached hydrogen (secondary N) is 1. The van der Waals surface area contributed by atoms with E-state index in [0.717, 1.165) is 29.4 Å². The highest BCUT2D eigenvalue weighted by Crippen LogP contribution is 2.31. The van der Waals surface area contributed by atoms with Gasteiger partial charge in [0.25, 0.3) is 0 Å². The molecule has 3 aromatic rings. The highest BCUT2D eigenvalue weighted by atomic mass is 16.5. The molecule has 0 saturated carbocycles. The van der Waals surface area contributed by atoms with Crippen molar-refractivity contribution in [1.29, 1.82) is 0 Å². The van der Waals surface area contributed by atoms with Gasteiger partial charge in [0.1, 0.15) is 11.3 Å². The molecule has 4 heteroatoms. The van der Waals surface area contributed by atoms with Crippen molar-refractivity contribution in [2.45, 2.75) is 32.6 Å². The molecule has 0 aliphatic heterocycles. The fraction of sp³-hybridized carbons (Fsp3) is 0.286. The highest BCUT2D eigenvalue weighted by molar-refractivity contribution is 5.96. The molecule has 2 aromatic carbocycles. The maximum atomic E-state index is 12.5. The first-order chi connectivity index (χ1) is 12.2. The fourth-order valence-electron chi connectivity index (χ4n) is 3.50. The maximum absolute atomic E-state index is 12.5. The summed E-state index contributed by atoms with van der Waals surface area (Å²) < 4.78 is 11.2. The number of hydrogen-bond acceptors (Lipinski definition) is 3. The van der Waals surface area contributed by atoms with E-state index in [1.807, 2.05) is 31.2 Å². The number of rotatable bonds is 5. The third-order valence-corrected chi connectivity index (χ3v) is 4.68. The van der Waals surface area contributed by atoms with Gasteiger partial charge in [-0.2, -0.15) is 0 Å². The first-order valence-electron chi connectivity index (χ1n) is 8.78. The Kier molecular flexibility index (Phi) is 4.18. The minimum atomic E-state index is -0.0737. The summed E-state index contributed by atoms with van der Waals surface area (Å²) in [5.74, 6) is 0.614. The number of carbonyl (C=O) groups is 1. The van der Waals surface area contributed by atoms with Crippen LogP contribution in [0.5, 0.6) is 5.75 Å². The zero-order valence-electron chi connectivity index (χ0n) is 14.3. The van der Waals surface area contributed by atoms with E-state index >= 15 is 0 Å². The number of fused-ring (bicyclic) bond motifs is 2. The van der Waals surface area contributed by atoms with Gasteiger partial charge in [-0.25, -0.2) is 0 Å². The third-order valence-electron chi connectivity index (χ3n) is 4.68. The molecule has 128 valence electrons. The van der Waals surface area contributed by atoms with Gasteiger partial charge in [-0.3, -0.25) is 4.79 Å². The van der Waals surface area contributed by atoms with Gasteiger partial charge in [-0.05, 0) is 61.6 Å². The molecular weight excluding hydrogens is 314 g/mol. The van der Waals surface area contributed by atoms with Crippen molar-refractivity contribution in [1.82, 2.24) is 0 Å². The monoisotopic (exact) mass is 335 g/mol. The topological polar surface area (TPSA) is 51.5 Å². The van der Waals surface area contributed by atoms with Crippen LogP contribution in [0.15, 0.2) is 47.1 Å². The number of carbonyl (C=O) groups excluding carboxylic acids is 1. The molecule has 0 radical (unpaired) electrons. The molecule has 0 fully saturated rings. The lowest BCUT2D eigenvalue weighted by atomic mass is 10.0. The lowest BCUT2D eigenvalue weighted by Gasteiger charge is -2.11. The number of ether oxygens (including phenoxy) is 1. The molecule has 1 aliphatic rings. The molecule has 0 saturated heterocycles. The normalized spacial score (nSPS) is 13.0. The Balaban J connectivity index is 1.54. The fourth-order valence-corrected chi connectivity index (χ4v) is 3.50.